The fourth-order valence-corrected chi connectivity index (χ4v) is 3.07. The molecule has 0 amide bonds. The number of hydrogen-bond acceptors (Lipinski definition) is 4. The highest BCUT2D eigenvalue weighted by molar-refractivity contribution is 9.11. The number of benzene rings is 1. The third kappa shape index (κ3) is 1.78. The van der Waals surface area contributed by atoms with Crippen LogP contribution >= 0.6 is 31.9 Å². The lowest BCUT2D eigenvalue weighted by atomic mass is 10.2. The van der Waals surface area contributed by atoms with Gasteiger partial charge in [-0.15, -0.1) is 0 Å². The number of nitrogens with zero attached hydrogens (tertiary/aromatic N) is 2. The quantitative estimate of drug-likeness (QED) is 0.576. The van der Waals surface area contributed by atoms with Crippen molar-refractivity contribution in [3.8, 4) is 5.75 Å². The van der Waals surface area contributed by atoms with Crippen molar-refractivity contribution in [2.75, 3.05) is 25.1 Å². The summed E-state index contributed by atoms with van der Waals surface area (Å²) >= 11 is 6.42. The standard InChI is InChI=1S/C9H8Br2N2O3/c1-12-2-3-16-9-6(12)4-5(10)8(7(9)11)13(14)15/h4H,2-3H2,1H3. The Morgan fingerprint density at radius 1 is 1.56 bits per heavy atom. The van der Waals surface area contributed by atoms with Crippen molar-refractivity contribution in [3.05, 3.63) is 25.1 Å². The van der Waals surface area contributed by atoms with E-state index in [0.29, 0.717) is 21.3 Å². The first-order valence-electron chi connectivity index (χ1n) is 4.52. The topological polar surface area (TPSA) is 55.6 Å². The molecular weight excluding hydrogens is 344 g/mol. The zero-order valence-corrected chi connectivity index (χ0v) is 11.5. The number of nitro groups is 1. The molecule has 1 heterocycles. The molecule has 0 spiro atoms. The summed E-state index contributed by atoms with van der Waals surface area (Å²) in [4.78, 5) is 12.4. The smallest absolute Gasteiger partial charge is 0.301 e. The third-order valence-corrected chi connectivity index (χ3v) is 3.74. The normalized spacial score (nSPS) is 14.3. The second kappa shape index (κ2) is 4.21. The van der Waals surface area contributed by atoms with Gasteiger partial charge >= 0.3 is 5.69 Å². The molecule has 0 N–H and O–H groups in total. The lowest BCUT2D eigenvalue weighted by Crippen LogP contribution is -2.29. The molecular formula is C9H8Br2N2O3. The Labute approximate surface area is 109 Å². The van der Waals surface area contributed by atoms with Crippen molar-refractivity contribution in [2.45, 2.75) is 0 Å². The number of halogens is 2. The molecule has 1 aliphatic heterocycles. The molecule has 0 aromatic heterocycles. The maximum absolute atomic E-state index is 10.9. The van der Waals surface area contributed by atoms with Crippen molar-refractivity contribution in [1.29, 1.82) is 0 Å². The molecule has 7 heteroatoms. The number of anilines is 1. The van der Waals surface area contributed by atoms with Crippen molar-refractivity contribution in [1.82, 2.24) is 0 Å². The Kier molecular flexibility index (Phi) is 3.07. The van der Waals surface area contributed by atoms with Crippen molar-refractivity contribution in [2.24, 2.45) is 0 Å². The summed E-state index contributed by atoms with van der Waals surface area (Å²) in [7, 11) is 1.92. The van der Waals surface area contributed by atoms with E-state index < -0.39 is 4.92 Å². The molecule has 0 saturated heterocycles. The van der Waals surface area contributed by atoms with Crippen LogP contribution in [0.25, 0.3) is 0 Å². The van der Waals surface area contributed by atoms with Crippen LogP contribution in [0, 0.1) is 10.1 Å². The Balaban J connectivity index is 2.67. The summed E-state index contributed by atoms with van der Waals surface area (Å²) in [5.74, 6) is 0.531. The molecule has 0 bridgehead atoms. The van der Waals surface area contributed by atoms with E-state index >= 15 is 0 Å². The summed E-state index contributed by atoms with van der Waals surface area (Å²) in [6.07, 6.45) is 0. The molecule has 2 rings (SSSR count). The predicted octanol–water partition coefficient (Wildman–Crippen LogP) is 2.95. The Bertz CT molecular complexity index is 465. The van der Waals surface area contributed by atoms with Gasteiger partial charge in [0.2, 0.25) is 0 Å². The Morgan fingerprint density at radius 2 is 2.25 bits per heavy atom. The van der Waals surface area contributed by atoms with E-state index in [1.807, 2.05) is 11.9 Å². The average Bonchev–Trinajstić information content (AvgIpc) is 2.19. The van der Waals surface area contributed by atoms with Crippen molar-refractivity contribution < 1.29 is 9.66 Å². The number of likely N-dealkylation sites (N-methyl/N-ethyl adjacent to an activating group) is 1. The van der Waals surface area contributed by atoms with Crippen LogP contribution in [-0.2, 0) is 0 Å². The van der Waals surface area contributed by atoms with E-state index in [9.17, 15) is 10.1 Å². The summed E-state index contributed by atoms with van der Waals surface area (Å²) in [5, 5.41) is 10.9. The van der Waals surface area contributed by atoms with E-state index in [1.165, 1.54) is 0 Å². The average molecular weight is 352 g/mol. The van der Waals surface area contributed by atoms with Crippen LogP contribution < -0.4 is 9.64 Å². The third-order valence-electron chi connectivity index (χ3n) is 2.40. The van der Waals surface area contributed by atoms with E-state index in [2.05, 4.69) is 31.9 Å². The molecule has 0 saturated carbocycles. The second-order valence-electron chi connectivity index (χ2n) is 3.40. The molecule has 0 unspecified atom stereocenters. The Hall–Kier alpha value is -0.820. The van der Waals surface area contributed by atoms with Gasteiger partial charge in [-0.2, -0.15) is 0 Å². The highest BCUT2D eigenvalue weighted by Gasteiger charge is 2.28. The number of nitro benzene ring substituents is 1. The fraction of sp³-hybridized carbons (Fsp3) is 0.333. The van der Waals surface area contributed by atoms with Gasteiger partial charge in [-0.25, -0.2) is 0 Å². The lowest BCUT2D eigenvalue weighted by molar-refractivity contribution is -0.386. The van der Waals surface area contributed by atoms with Gasteiger partial charge in [-0.05, 0) is 37.9 Å². The molecule has 5 nitrogen and oxygen atoms in total. The number of rotatable bonds is 1. The van der Waals surface area contributed by atoms with Gasteiger partial charge in [0, 0.05) is 7.05 Å². The van der Waals surface area contributed by atoms with Crippen LogP contribution in [0.15, 0.2) is 15.0 Å². The van der Waals surface area contributed by atoms with Gasteiger partial charge in [0.05, 0.1) is 21.6 Å². The molecule has 1 aromatic rings. The SMILES string of the molecule is CN1CCOc2c1cc(Br)c([N+](=O)[O-])c2Br. The van der Waals surface area contributed by atoms with E-state index in [0.717, 1.165) is 12.2 Å². The van der Waals surface area contributed by atoms with Crippen molar-refractivity contribution >= 4 is 43.2 Å². The van der Waals surface area contributed by atoms with Gasteiger partial charge < -0.3 is 9.64 Å². The van der Waals surface area contributed by atoms with Crippen LogP contribution in [-0.4, -0.2) is 25.1 Å². The van der Waals surface area contributed by atoms with Gasteiger partial charge in [0.25, 0.3) is 0 Å². The molecule has 0 aliphatic carbocycles. The van der Waals surface area contributed by atoms with Crippen LogP contribution in [0.5, 0.6) is 5.75 Å². The minimum atomic E-state index is -0.438. The largest absolute Gasteiger partial charge is 0.488 e. The van der Waals surface area contributed by atoms with Gasteiger partial charge in [-0.1, -0.05) is 0 Å². The van der Waals surface area contributed by atoms with Gasteiger partial charge in [-0.3, -0.25) is 10.1 Å². The molecule has 0 atom stereocenters. The zero-order chi connectivity index (χ0) is 11.9. The highest BCUT2D eigenvalue weighted by Crippen LogP contribution is 2.47. The first-order valence-corrected chi connectivity index (χ1v) is 6.11. The summed E-state index contributed by atoms with van der Waals surface area (Å²) in [6.45, 7) is 1.30. The minimum absolute atomic E-state index is 0.00551. The number of fused-ring (bicyclic) bond motifs is 1. The molecule has 0 radical (unpaired) electrons. The lowest BCUT2D eigenvalue weighted by Gasteiger charge is -2.28. The summed E-state index contributed by atoms with van der Waals surface area (Å²) in [5.41, 5.74) is 0.838. The maximum atomic E-state index is 10.9. The predicted molar refractivity (Wildman–Crippen MR) is 67.3 cm³/mol. The second-order valence-corrected chi connectivity index (χ2v) is 5.04. The van der Waals surface area contributed by atoms with Crippen LogP contribution in [0.1, 0.15) is 0 Å². The monoisotopic (exact) mass is 350 g/mol. The van der Waals surface area contributed by atoms with Gasteiger partial charge in [0.1, 0.15) is 11.1 Å². The molecule has 1 aliphatic rings. The van der Waals surface area contributed by atoms with E-state index in [1.54, 1.807) is 6.07 Å². The summed E-state index contributed by atoms with van der Waals surface area (Å²) < 4.78 is 6.28. The minimum Gasteiger partial charge on any atom is -0.488 e. The fourth-order valence-electron chi connectivity index (χ4n) is 1.57. The molecule has 16 heavy (non-hydrogen) atoms. The van der Waals surface area contributed by atoms with E-state index in [4.69, 9.17) is 4.74 Å². The van der Waals surface area contributed by atoms with Crippen LogP contribution in [0.2, 0.25) is 0 Å². The van der Waals surface area contributed by atoms with Crippen LogP contribution in [0.3, 0.4) is 0 Å². The van der Waals surface area contributed by atoms with Gasteiger partial charge in [0.15, 0.2) is 5.75 Å². The molecule has 86 valence electrons. The molecule has 0 fully saturated rings. The molecule has 1 aromatic carbocycles. The first-order chi connectivity index (χ1) is 7.52. The van der Waals surface area contributed by atoms with Crippen molar-refractivity contribution in [3.63, 3.8) is 0 Å². The van der Waals surface area contributed by atoms with Crippen LogP contribution in [0.4, 0.5) is 11.4 Å². The number of ether oxygens (including phenoxy) is 1. The number of hydrogen-bond donors (Lipinski definition) is 0. The highest BCUT2D eigenvalue weighted by atomic mass is 79.9. The summed E-state index contributed by atoms with van der Waals surface area (Å²) in [6, 6.07) is 1.71. The Morgan fingerprint density at radius 3 is 2.88 bits per heavy atom. The van der Waals surface area contributed by atoms with E-state index in [-0.39, 0.29) is 5.69 Å². The maximum Gasteiger partial charge on any atom is 0.301 e. The zero-order valence-electron chi connectivity index (χ0n) is 8.37. The first kappa shape index (κ1) is 11.7.